The molecular weight excluding hydrogens is 277 g/mol. The van der Waals surface area contributed by atoms with Crippen LogP contribution in [-0.2, 0) is 6.18 Å². The third kappa shape index (κ3) is 4.55. The number of thiazole rings is 1. The Hall–Kier alpha value is -1.57. The van der Waals surface area contributed by atoms with Crippen LogP contribution in [-0.4, -0.2) is 15.2 Å². The molecule has 8 heteroatoms. The SMILES string of the molecule is CC.CC.Nc1nc(-c2cn[nH]c2)c(C(F)(F)F)s1. The number of halogens is 3. The molecule has 2 aromatic heterocycles. The van der Waals surface area contributed by atoms with Gasteiger partial charge >= 0.3 is 6.18 Å². The van der Waals surface area contributed by atoms with Gasteiger partial charge in [-0.2, -0.15) is 18.3 Å². The number of hydrogen-bond donors (Lipinski definition) is 2. The van der Waals surface area contributed by atoms with Crippen molar-refractivity contribution in [2.75, 3.05) is 5.73 Å². The van der Waals surface area contributed by atoms with Crippen molar-refractivity contribution in [2.45, 2.75) is 33.9 Å². The number of aromatic amines is 1. The summed E-state index contributed by atoms with van der Waals surface area (Å²) in [6.45, 7) is 8.00. The molecule has 0 bridgehead atoms. The molecule has 2 aromatic rings. The molecule has 0 spiro atoms. The maximum Gasteiger partial charge on any atom is 0.427 e. The number of alkyl halides is 3. The van der Waals surface area contributed by atoms with E-state index >= 15 is 0 Å². The number of nitrogens with one attached hydrogen (secondary N) is 1. The van der Waals surface area contributed by atoms with Crippen LogP contribution in [0.3, 0.4) is 0 Å². The highest BCUT2D eigenvalue weighted by Crippen LogP contribution is 2.41. The fourth-order valence-electron chi connectivity index (χ4n) is 1.10. The Kier molecular flexibility index (Phi) is 7.13. The molecule has 0 aliphatic heterocycles. The molecule has 0 aliphatic rings. The quantitative estimate of drug-likeness (QED) is 0.828. The summed E-state index contributed by atoms with van der Waals surface area (Å²) >= 11 is 0.420. The van der Waals surface area contributed by atoms with E-state index in [1.165, 1.54) is 12.4 Å². The van der Waals surface area contributed by atoms with Crippen molar-refractivity contribution < 1.29 is 13.2 Å². The lowest BCUT2D eigenvalue weighted by molar-refractivity contribution is -0.134. The molecule has 19 heavy (non-hydrogen) atoms. The maximum absolute atomic E-state index is 12.5. The van der Waals surface area contributed by atoms with Crippen molar-refractivity contribution >= 4 is 16.5 Å². The van der Waals surface area contributed by atoms with Gasteiger partial charge < -0.3 is 5.73 Å². The van der Waals surface area contributed by atoms with Crippen molar-refractivity contribution in [2.24, 2.45) is 0 Å². The van der Waals surface area contributed by atoms with Gasteiger partial charge in [0.1, 0.15) is 4.88 Å². The standard InChI is InChI=1S/C7H5F3N4S.2C2H6/c8-7(9,10)5-4(14-6(11)15-5)3-1-12-13-2-3;2*1-2/h1-2H,(H2,11,14)(H,12,13);2*1-2H3. The van der Waals surface area contributed by atoms with Crippen LogP contribution in [0.5, 0.6) is 0 Å². The van der Waals surface area contributed by atoms with E-state index in [0.717, 1.165) is 0 Å². The van der Waals surface area contributed by atoms with Gasteiger partial charge in [0.2, 0.25) is 0 Å². The van der Waals surface area contributed by atoms with Crippen LogP contribution in [0.25, 0.3) is 11.3 Å². The third-order valence-corrected chi connectivity index (χ3v) is 2.60. The predicted octanol–water partition coefficient (Wildman–Crippen LogP) is 4.19. The van der Waals surface area contributed by atoms with Crippen LogP contribution in [0.15, 0.2) is 12.4 Å². The summed E-state index contributed by atoms with van der Waals surface area (Å²) in [5.41, 5.74) is 5.35. The summed E-state index contributed by atoms with van der Waals surface area (Å²) in [6.07, 6.45) is -1.84. The minimum atomic E-state index is -4.44. The van der Waals surface area contributed by atoms with E-state index < -0.39 is 11.1 Å². The van der Waals surface area contributed by atoms with Crippen LogP contribution < -0.4 is 5.73 Å². The van der Waals surface area contributed by atoms with Gasteiger partial charge in [0.25, 0.3) is 0 Å². The van der Waals surface area contributed by atoms with Gasteiger partial charge in [0.05, 0.1) is 11.9 Å². The van der Waals surface area contributed by atoms with Crippen LogP contribution in [0, 0.1) is 0 Å². The molecule has 0 saturated carbocycles. The highest BCUT2D eigenvalue weighted by molar-refractivity contribution is 7.15. The van der Waals surface area contributed by atoms with Gasteiger partial charge in [-0.25, -0.2) is 4.98 Å². The Balaban J connectivity index is 0.000000741. The van der Waals surface area contributed by atoms with E-state index in [1.807, 2.05) is 27.7 Å². The number of rotatable bonds is 1. The first-order chi connectivity index (χ1) is 8.98. The fraction of sp³-hybridized carbons (Fsp3) is 0.455. The number of nitrogen functional groups attached to an aromatic ring is 1. The Labute approximate surface area is 113 Å². The average molecular weight is 294 g/mol. The maximum atomic E-state index is 12.5. The zero-order valence-corrected chi connectivity index (χ0v) is 12.0. The monoisotopic (exact) mass is 294 g/mol. The number of anilines is 1. The van der Waals surface area contributed by atoms with E-state index in [-0.39, 0.29) is 16.4 Å². The second kappa shape index (κ2) is 7.78. The normalized spacial score (nSPS) is 10.1. The Bertz CT molecular complexity index is 463. The van der Waals surface area contributed by atoms with Gasteiger partial charge in [-0.05, 0) is 0 Å². The Morgan fingerprint density at radius 1 is 1.21 bits per heavy atom. The number of nitrogens with zero attached hydrogens (tertiary/aromatic N) is 2. The summed E-state index contributed by atoms with van der Waals surface area (Å²) in [5.74, 6) is 0. The van der Waals surface area contributed by atoms with Gasteiger partial charge in [0.15, 0.2) is 5.13 Å². The second-order valence-electron chi connectivity index (χ2n) is 2.71. The lowest BCUT2D eigenvalue weighted by Gasteiger charge is -2.03. The first-order valence-corrected chi connectivity index (χ1v) is 6.63. The molecule has 0 saturated heterocycles. The number of H-pyrrole nitrogens is 1. The summed E-state index contributed by atoms with van der Waals surface area (Å²) in [7, 11) is 0. The van der Waals surface area contributed by atoms with Crippen molar-refractivity contribution in [1.29, 1.82) is 0 Å². The van der Waals surface area contributed by atoms with E-state index in [0.29, 0.717) is 11.3 Å². The summed E-state index contributed by atoms with van der Waals surface area (Å²) < 4.78 is 37.6. The van der Waals surface area contributed by atoms with Gasteiger partial charge in [-0.15, -0.1) is 0 Å². The van der Waals surface area contributed by atoms with Crippen LogP contribution in [0.4, 0.5) is 18.3 Å². The minimum absolute atomic E-state index is 0.112. The van der Waals surface area contributed by atoms with Gasteiger partial charge in [-0.3, -0.25) is 5.10 Å². The molecule has 0 aliphatic carbocycles. The smallest absolute Gasteiger partial charge is 0.375 e. The topological polar surface area (TPSA) is 67.6 Å². The molecule has 0 unspecified atom stereocenters. The largest absolute Gasteiger partial charge is 0.427 e. The second-order valence-corrected chi connectivity index (χ2v) is 3.75. The molecule has 0 fully saturated rings. The van der Waals surface area contributed by atoms with E-state index in [9.17, 15) is 13.2 Å². The number of aromatic nitrogens is 3. The Morgan fingerprint density at radius 3 is 2.21 bits per heavy atom. The molecule has 0 radical (unpaired) electrons. The van der Waals surface area contributed by atoms with E-state index in [4.69, 9.17) is 5.73 Å². The van der Waals surface area contributed by atoms with Gasteiger partial charge in [-0.1, -0.05) is 39.0 Å². The fourth-order valence-corrected chi connectivity index (χ4v) is 1.83. The molecule has 108 valence electrons. The predicted molar refractivity (Wildman–Crippen MR) is 71.8 cm³/mol. The van der Waals surface area contributed by atoms with Crippen molar-refractivity contribution in [3.8, 4) is 11.3 Å². The zero-order valence-electron chi connectivity index (χ0n) is 11.2. The molecule has 0 atom stereocenters. The lowest BCUT2D eigenvalue weighted by Crippen LogP contribution is -2.03. The summed E-state index contributed by atoms with van der Waals surface area (Å²) in [4.78, 5) is 2.83. The first kappa shape index (κ1) is 17.4. The summed E-state index contributed by atoms with van der Waals surface area (Å²) in [6, 6.07) is 0. The molecule has 2 heterocycles. The van der Waals surface area contributed by atoms with E-state index in [2.05, 4.69) is 15.2 Å². The number of hydrogen-bond acceptors (Lipinski definition) is 4. The highest BCUT2D eigenvalue weighted by Gasteiger charge is 2.37. The van der Waals surface area contributed by atoms with Crippen LogP contribution >= 0.6 is 11.3 Å². The van der Waals surface area contributed by atoms with Crippen molar-refractivity contribution in [3.05, 3.63) is 17.3 Å². The molecular formula is C11H17F3N4S. The molecule has 2 rings (SSSR count). The van der Waals surface area contributed by atoms with Crippen LogP contribution in [0.2, 0.25) is 0 Å². The highest BCUT2D eigenvalue weighted by atomic mass is 32.1. The van der Waals surface area contributed by atoms with E-state index in [1.54, 1.807) is 0 Å². The molecule has 0 aromatic carbocycles. The van der Waals surface area contributed by atoms with Crippen molar-refractivity contribution in [1.82, 2.24) is 15.2 Å². The van der Waals surface area contributed by atoms with Crippen molar-refractivity contribution in [3.63, 3.8) is 0 Å². The third-order valence-electron chi connectivity index (χ3n) is 1.67. The number of nitrogens with two attached hydrogens (primary N) is 1. The molecule has 3 N–H and O–H groups in total. The molecule has 4 nitrogen and oxygen atoms in total. The molecule has 0 amide bonds. The van der Waals surface area contributed by atoms with Gasteiger partial charge in [0, 0.05) is 11.8 Å². The zero-order chi connectivity index (χ0) is 15.1. The average Bonchev–Trinajstić information content (AvgIpc) is 3.01. The van der Waals surface area contributed by atoms with Crippen LogP contribution in [0.1, 0.15) is 32.6 Å². The lowest BCUT2D eigenvalue weighted by atomic mass is 10.2. The minimum Gasteiger partial charge on any atom is -0.375 e. The summed E-state index contributed by atoms with van der Waals surface area (Å²) in [5, 5.41) is 5.87. The Morgan fingerprint density at radius 2 is 1.79 bits per heavy atom. The first-order valence-electron chi connectivity index (χ1n) is 5.81.